The van der Waals surface area contributed by atoms with Gasteiger partial charge < -0.3 is 10.5 Å². The minimum atomic E-state index is 0.180. The molecule has 1 heterocycles. The molecule has 0 fully saturated rings. The third-order valence-electron chi connectivity index (χ3n) is 3.59. The number of hydrogen-bond donors (Lipinski definition) is 1. The molecule has 0 saturated heterocycles. The van der Waals surface area contributed by atoms with E-state index in [1.54, 1.807) is 11.3 Å². The number of likely N-dealkylation sites (N-methyl/N-ethyl adjacent to an activating group) is 1. The van der Waals surface area contributed by atoms with Crippen molar-refractivity contribution in [3.63, 3.8) is 0 Å². The number of nitrogens with zero attached hydrogens (tertiary/aromatic N) is 1. The van der Waals surface area contributed by atoms with Gasteiger partial charge >= 0.3 is 0 Å². The summed E-state index contributed by atoms with van der Waals surface area (Å²) in [5, 5.41) is 2.12. The van der Waals surface area contributed by atoms with Crippen molar-refractivity contribution in [2.45, 2.75) is 26.4 Å². The highest BCUT2D eigenvalue weighted by Crippen LogP contribution is 2.30. The number of ether oxygens (including phenoxy) is 1. The lowest BCUT2D eigenvalue weighted by atomic mass is 10.0. The fourth-order valence-electron chi connectivity index (χ4n) is 2.56. The molecule has 0 bridgehead atoms. The molecule has 1 unspecified atom stereocenters. The number of nitrogens with two attached hydrogens (primary N) is 1. The van der Waals surface area contributed by atoms with Crippen molar-refractivity contribution in [1.29, 1.82) is 0 Å². The maximum atomic E-state index is 6.08. The van der Waals surface area contributed by atoms with E-state index in [0.717, 1.165) is 18.8 Å². The number of rotatable bonds is 8. The monoisotopic (exact) mass is 304 g/mol. The van der Waals surface area contributed by atoms with Crippen LogP contribution in [0.1, 0.15) is 30.3 Å². The van der Waals surface area contributed by atoms with Crippen LogP contribution in [0.25, 0.3) is 0 Å². The normalized spacial score (nSPS) is 12.6. The molecule has 2 aromatic rings. The van der Waals surface area contributed by atoms with E-state index < -0.39 is 0 Å². The van der Waals surface area contributed by atoms with Crippen molar-refractivity contribution in [2.75, 3.05) is 19.7 Å². The summed E-state index contributed by atoms with van der Waals surface area (Å²) in [5.74, 6) is 0.945. The van der Waals surface area contributed by atoms with E-state index in [9.17, 15) is 0 Å². The first kappa shape index (κ1) is 16.0. The fraction of sp³-hybridized carbons (Fsp3) is 0.412. The van der Waals surface area contributed by atoms with Crippen LogP contribution in [-0.4, -0.2) is 24.6 Å². The highest BCUT2D eigenvalue weighted by Gasteiger charge is 2.21. The van der Waals surface area contributed by atoms with Crippen LogP contribution in [0.3, 0.4) is 0 Å². The lowest BCUT2D eigenvalue weighted by Crippen LogP contribution is -2.33. The molecule has 0 saturated carbocycles. The fourth-order valence-corrected chi connectivity index (χ4v) is 3.29. The Morgan fingerprint density at radius 2 is 2.00 bits per heavy atom. The molecule has 0 amide bonds. The number of thiophene rings is 1. The Morgan fingerprint density at radius 3 is 2.62 bits per heavy atom. The van der Waals surface area contributed by atoms with Crippen molar-refractivity contribution in [2.24, 2.45) is 5.73 Å². The van der Waals surface area contributed by atoms with Crippen molar-refractivity contribution in [3.8, 4) is 5.75 Å². The zero-order valence-electron chi connectivity index (χ0n) is 12.8. The summed E-state index contributed by atoms with van der Waals surface area (Å²) in [6.45, 7) is 7.34. The van der Waals surface area contributed by atoms with E-state index in [1.165, 1.54) is 10.4 Å². The maximum absolute atomic E-state index is 6.08. The number of benzene rings is 1. The summed E-state index contributed by atoms with van der Waals surface area (Å²) in [7, 11) is 0. The highest BCUT2D eigenvalue weighted by molar-refractivity contribution is 7.09. The van der Waals surface area contributed by atoms with E-state index >= 15 is 0 Å². The summed E-state index contributed by atoms with van der Waals surface area (Å²) >= 11 is 1.79. The van der Waals surface area contributed by atoms with Crippen LogP contribution < -0.4 is 10.5 Å². The standard InChI is InChI=1S/C17H24N2OS/c1-3-19(13-14-8-7-11-21-14)16(12-18)15-9-5-6-10-17(15)20-4-2/h5-11,16H,3-4,12-13,18H2,1-2H3. The smallest absolute Gasteiger partial charge is 0.124 e. The highest BCUT2D eigenvalue weighted by atomic mass is 32.1. The molecular weight excluding hydrogens is 280 g/mol. The molecular formula is C17H24N2OS. The summed E-state index contributed by atoms with van der Waals surface area (Å²) in [6, 6.07) is 12.7. The van der Waals surface area contributed by atoms with Crippen LogP contribution in [0.15, 0.2) is 41.8 Å². The molecule has 1 atom stereocenters. The molecule has 2 rings (SSSR count). The van der Waals surface area contributed by atoms with Crippen LogP contribution in [0.2, 0.25) is 0 Å². The van der Waals surface area contributed by atoms with Crippen molar-refractivity contribution < 1.29 is 4.74 Å². The Hall–Kier alpha value is -1.36. The largest absolute Gasteiger partial charge is 0.494 e. The van der Waals surface area contributed by atoms with Gasteiger partial charge in [0.25, 0.3) is 0 Å². The summed E-state index contributed by atoms with van der Waals surface area (Å²) in [4.78, 5) is 3.77. The lowest BCUT2D eigenvalue weighted by Gasteiger charge is -2.31. The van der Waals surface area contributed by atoms with Gasteiger partial charge in [-0.15, -0.1) is 11.3 Å². The van der Waals surface area contributed by atoms with Gasteiger partial charge in [0.2, 0.25) is 0 Å². The molecule has 0 spiro atoms. The zero-order chi connectivity index (χ0) is 15.1. The average Bonchev–Trinajstić information content (AvgIpc) is 3.02. The SMILES string of the molecule is CCOc1ccccc1C(CN)N(CC)Cc1cccs1. The van der Waals surface area contributed by atoms with Gasteiger partial charge in [0.15, 0.2) is 0 Å². The predicted molar refractivity (Wildman–Crippen MR) is 89.8 cm³/mol. The minimum absolute atomic E-state index is 0.180. The Kier molecular flexibility index (Phi) is 6.23. The van der Waals surface area contributed by atoms with Crippen LogP contribution in [0.5, 0.6) is 5.75 Å². The minimum Gasteiger partial charge on any atom is -0.494 e. The molecule has 0 aliphatic carbocycles. The maximum Gasteiger partial charge on any atom is 0.124 e. The Balaban J connectivity index is 2.24. The van der Waals surface area contributed by atoms with Gasteiger partial charge in [0, 0.05) is 23.5 Å². The van der Waals surface area contributed by atoms with E-state index in [2.05, 4.69) is 41.5 Å². The summed E-state index contributed by atoms with van der Waals surface area (Å²) in [5.41, 5.74) is 7.26. The van der Waals surface area contributed by atoms with E-state index in [1.807, 2.05) is 19.1 Å². The van der Waals surface area contributed by atoms with E-state index in [-0.39, 0.29) is 6.04 Å². The van der Waals surface area contributed by atoms with Gasteiger partial charge in [-0.1, -0.05) is 31.2 Å². The predicted octanol–water partition coefficient (Wildman–Crippen LogP) is 3.67. The van der Waals surface area contributed by atoms with Gasteiger partial charge in [0.05, 0.1) is 12.6 Å². The molecule has 114 valence electrons. The lowest BCUT2D eigenvalue weighted by molar-refractivity contribution is 0.199. The summed E-state index contributed by atoms with van der Waals surface area (Å²) in [6.07, 6.45) is 0. The summed E-state index contributed by atoms with van der Waals surface area (Å²) < 4.78 is 5.77. The van der Waals surface area contributed by atoms with Crippen molar-refractivity contribution in [1.82, 2.24) is 4.90 Å². The quantitative estimate of drug-likeness (QED) is 0.808. The van der Waals surface area contributed by atoms with Gasteiger partial charge in [-0.3, -0.25) is 4.90 Å². The van der Waals surface area contributed by atoms with Crippen LogP contribution in [0, 0.1) is 0 Å². The molecule has 0 radical (unpaired) electrons. The average molecular weight is 304 g/mol. The van der Waals surface area contributed by atoms with Gasteiger partial charge in [-0.25, -0.2) is 0 Å². The zero-order valence-corrected chi connectivity index (χ0v) is 13.6. The van der Waals surface area contributed by atoms with Crippen LogP contribution in [-0.2, 0) is 6.54 Å². The molecule has 1 aromatic heterocycles. The van der Waals surface area contributed by atoms with E-state index in [0.29, 0.717) is 13.2 Å². The molecule has 2 N–H and O–H groups in total. The molecule has 21 heavy (non-hydrogen) atoms. The first-order valence-corrected chi connectivity index (χ1v) is 8.36. The van der Waals surface area contributed by atoms with E-state index in [4.69, 9.17) is 10.5 Å². The number of hydrogen-bond acceptors (Lipinski definition) is 4. The Morgan fingerprint density at radius 1 is 1.19 bits per heavy atom. The van der Waals surface area contributed by atoms with Crippen molar-refractivity contribution in [3.05, 3.63) is 52.2 Å². The first-order chi connectivity index (χ1) is 10.3. The van der Waals surface area contributed by atoms with Crippen LogP contribution in [0.4, 0.5) is 0 Å². The molecule has 3 nitrogen and oxygen atoms in total. The molecule has 0 aliphatic heterocycles. The topological polar surface area (TPSA) is 38.5 Å². The number of para-hydroxylation sites is 1. The third kappa shape index (κ3) is 4.06. The first-order valence-electron chi connectivity index (χ1n) is 7.48. The van der Waals surface area contributed by atoms with Gasteiger partial charge in [-0.2, -0.15) is 0 Å². The second-order valence-electron chi connectivity index (χ2n) is 4.86. The van der Waals surface area contributed by atoms with Crippen molar-refractivity contribution >= 4 is 11.3 Å². The van der Waals surface area contributed by atoms with Gasteiger partial charge in [0.1, 0.15) is 5.75 Å². The Labute approximate surface area is 131 Å². The van der Waals surface area contributed by atoms with Crippen LogP contribution >= 0.6 is 11.3 Å². The third-order valence-corrected chi connectivity index (χ3v) is 4.45. The molecule has 0 aliphatic rings. The molecule has 4 heteroatoms. The Bertz CT molecular complexity index is 527. The second-order valence-corrected chi connectivity index (χ2v) is 5.90. The van der Waals surface area contributed by atoms with Gasteiger partial charge in [-0.05, 0) is 31.0 Å². The molecule has 1 aromatic carbocycles. The second kappa shape index (κ2) is 8.17.